The predicted octanol–water partition coefficient (Wildman–Crippen LogP) is 5.61. The fourth-order valence-corrected chi connectivity index (χ4v) is 5.65. The zero-order chi connectivity index (χ0) is 26.9. The molecule has 1 heterocycles. The molecule has 1 amide bonds. The van der Waals surface area contributed by atoms with Crippen LogP contribution in [0.25, 0.3) is 0 Å². The number of piperazine rings is 1. The van der Waals surface area contributed by atoms with Crippen LogP contribution in [-0.2, 0) is 14.3 Å². The van der Waals surface area contributed by atoms with E-state index in [1.54, 1.807) is 23.6 Å². The van der Waals surface area contributed by atoms with Gasteiger partial charge in [-0.25, -0.2) is 4.79 Å². The molecule has 1 saturated heterocycles. The van der Waals surface area contributed by atoms with E-state index >= 15 is 0 Å². The minimum absolute atomic E-state index is 0.0689. The third-order valence-electron chi connectivity index (χ3n) is 6.45. The van der Waals surface area contributed by atoms with Gasteiger partial charge in [-0.05, 0) is 62.4 Å². The maximum atomic E-state index is 12.7. The summed E-state index contributed by atoms with van der Waals surface area (Å²) in [5.41, 5.74) is 9.47. The molecule has 2 atom stereocenters. The normalized spacial score (nSPS) is 15.4. The number of carbonyl (C=O) groups excluding carboxylic acids is 2. The minimum atomic E-state index is -0.939. The van der Waals surface area contributed by atoms with Crippen LogP contribution in [-0.4, -0.2) is 56.0 Å². The Labute approximate surface area is 225 Å². The van der Waals surface area contributed by atoms with Gasteiger partial charge in [-0.1, -0.05) is 55.4 Å². The van der Waals surface area contributed by atoms with Crippen molar-refractivity contribution in [2.45, 2.75) is 63.5 Å². The number of anilines is 1. The Morgan fingerprint density at radius 2 is 1.68 bits per heavy atom. The molecular formula is C29H41N3O4S. The van der Waals surface area contributed by atoms with Crippen molar-refractivity contribution < 1.29 is 19.1 Å². The summed E-state index contributed by atoms with van der Waals surface area (Å²) in [4.78, 5) is 31.4. The van der Waals surface area contributed by atoms with Crippen molar-refractivity contribution in [1.29, 1.82) is 0 Å². The second-order valence-corrected chi connectivity index (χ2v) is 11.3. The highest BCUT2D eigenvalue weighted by Gasteiger charge is 2.26. The highest BCUT2D eigenvalue weighted by molar-refractivity contribution is 7.99. The summed E-state index contributed by atoms with van der Waals surface area (Å²) in [5, 5.41) is 0. The second kappa shape index (κ2) is 13.7. The van der Waals surface area contributed by atoms with Crippen molar-refractivity contribution in [3.63, 3.8) is 0 Å². The van der Waals surface area contributed by atoms with Crippen molar-refractivity contribution >= 4 is 29.5 Å². The highest BCUT2D eigenvalue weighted by Crippen LogP contribution is 2.37. The molecule has 0 spiro atoms. The second-order valence-electron chi connectivity index (χ2n) is 10.2. The van der Waals surface area contributed by atoms with Crippen molar-refractivity contribution in [2.75, 3.05) is 37.6 Å². The lowest BCUT2D eigenvalue weighted by molar-refractivity contribution is -0.167. The molecule has 0 radical (unpaired) electrons. The Kier molecular flexibility index (Phi) is 10.7. The minimum Gasteiger partial charge on any atom is -0.425 e. The van der Waals surface area contributed by atoms with Gasteiger partial charge in [0.15, 0.2) is 0 Å². The summed E-state index contributed by atoms with van der Waals surface area (Å²) in [5.74, 6) is 0.131. The molecule has 7 nitrogen and oxygen atoms in total. The van der Waals surface area contributed by atoms with Crippen LogP contribution in [0.1, 0.15) is 44.7 Å². The molecule has 1 aliphatic heterocycles. The van der Waals surface area contributed by atoms with E-state index < -0.39 is 12.4 Å². The molecule has 2 unspecified atom stereocenters. The lowest BCUT2D eigenvalue weighted by atomic mass is 9.94. The van der Waals surface area contributed by atoms with Crippen LogP contribution in [0, 0.1) is 25.7 Å². The first kappa shape index (κ1) is 28.9. The topological polar surface area (TPSA) is 85.1 Å². The van der Waals surface area contributed by atoms with E-state index in [4.69, 9.17) is 15.2 Å². The van der Waals surface area contributed by atoms with Crippen LogP contribution >= 0.6 is 11.8 Å². The Morgan fingerprint density at radius 3 is 2.32 bits per heavy atom. The number of carbonyl (C=O) groups is 2. The van der Waals surface area contributed by atoms with Gasteiger partial charge < -0.3 is 25.0 Å². The molecule has 0 aliphatic carbocycles. The van der Waals surface area contributed by atoms with Gasteiger partial charge in [-0.15, -0.1) is 0 Å². The van der Waals surface area contributed by atoms with Crippen molar-refractivity contribution in [1.82, 2.24) is 4.90 Å². The molecule has 1 aliphatic rings. The maximum Gasteiger partial charge on any atom is 0.412 e. The number of benzene rings is 2. The molecule has 2 aromatic carbocycles. The van der Waals surface area contributed by atoms with Gasteiger partial charge in [-0.3, -0.25) is 4.79 Å². The van der Waals surface area contributed by atoms with Crippen LogP contribution < -0.4 is 10.6 Å². The van der Waals surface area contributed by atoms with Crippen LogP contribution in [0.5, 0.6) is 0 Å². The molecule has 202 valence electrons. The fourth-order valence-electron chi connectivity index (χ4n) is 4.61. The van der Waals surface area contributed by atoms with E-state index in [1.165, 1.54) is 26.6 Å². The molecule has 3 rings (SSSR count). The van der Waals surface area contributed by atoms with Gasteiger partial charge in [0.25, 0.3) is 0 Å². The summed E-state index contributed by atoms with van der Waals surface area (Å²) in [6.07, 6.45) is -0.314. The average Bonchev–Trinajstić information content (AvgIpc) is 2.85. The quantitative estimate of drug-likeness (QED) is 0.317. The third kappa shape index (κ3) is 8.68. The molecule has 37 heavy (non-hydrogen) atoms. The van der Waals surface area contributed by atoms with Crippen LogP contribution in [0.2, 0.25) is 0 Å². The summed E-state index contributed by atoms with van der Waals surface area (Å²) < 4.78 is 10.7. The number of hydrogen-bond donors (Lipinski definition) is 1. The van der Waals surface area contributed by atoms with Gasteiger partial charge in [0.05, 0.1) is 5.69 Å². The highest BCUT2D eigenvalue weighted by atomic mass is 32.2. The van der Waals surface area contributed by atoms with Crippen molar-refractivity contribution in [3.8, 4) is 0 Å². The Morgan fingerprint density at radius 1 is 0.973 bits per heavy atom. The number of amides is 1. The summed E-state index contributed by atoms with van der Waals surface area (Å²) in [7, 11) is 0. The SMILES string of the molecule is Cc1ccc(Sc2ccccc2N2CCN(C(=O)OC(C)OC(=O)CC(CN)CC(C)C)CC2)c(C)c1. The first-order valence-corrected chi connectivity index (χ1v) is 13.9. The smallest absolute Gasteiger partial charge is 0.412 e. The van der Waals surface area contributed by atoms with Gasteiger partial charge in [0.2, 0.25) is 6.29 Å². The van der Waals surface area contributed by atoms with Gasteiger partial charge in [0, 0.05) is 49.3 Å². The van der Waals surface area contributed by atoms with Crippen molar-refractivity contribution in [3.05, 3.63) is 53.6 Å². The number of aryl methyl sites for hydroxylation is 2. The predicted molar refractivity (Wildman–Crippen MR) is 149 cm³/mol. The molecular weight excluding hydrogens is 486 g/mol. The van der Waals surface area contributed by atoms with Crippen LogP contribution in [0.3, 0.4) is 0 Å². The van der Waals surface area contributed by atoms with E-state index in [2.05, 4.69) is 75.1 Å². The average molecular weight is 528 g/mol. The Balaban J connectivity index is 1.51. The summed E-state index contributed by atoms with van der Waals surface area (Å²) in [6, 6.07) is 14.9. The van der Waals surface area contributed by atoms with E-state index in [0.29, 0.717) is 38.6 Å². The molecule has 2 N–H and O–H groups in total. The first-order chi connectivity index (χ1) is 17.7. The summed E-state index contributed by atoms with van der Waals surface area (Å²) in [6.45, 7) is 12.9. The number of esters is 1. The molecule has 2 aromatic rings. The van der Waals surface area contributed by atoms with Crippen LogP contribution in [0.15, 0.2) is 52.3 Å². The molecule has 0 bridgehead atoms. The molecule has 0 saturated carbocycles. The fraction of sp³-hybridized carbons (Fsp3) is 0.517. The molecule has 0 aromatic heterocycles. The number of rotatable bonds is 10. The number of hydrogen-bond acceptors (Lipinski definition) is 7. The molecule has 1 fully saturated rings. The van der Waals surface area contributed by atoms with Gasteiger partial charge >= 0.3 is 12.1 Å². The number of nitrogens with two attached hydrogens (primary N) is 1. The third-order valence-corrected chi connectivity index (χ3v) is 7.69. The number of para-hydroxylation sites is 1. The van der Waals surface area contributed by atoms with E-state index in [1.807, 2.05) is 0 Å². The Bertz CT molecular complexity index is 1050. The van der Waals surface area contributed by atoms with Gasteiger partial charge in [-0.2, -0.15) is 0 Å². The number of ether oxygens (including phenoxy) is 2. The van der Waals surface area contributed by atoms with Crippen LogP contribution in [0.4, 0.5) is 10.5 Å². The van der Waals surface area contributed by atoms with E-state index in [-0.39, 0.29) is 18.3 Å². The lowest BCUT2D eigenvalue weighted by Gasteiger charge is -2.36. The summed E-state index contributed by atoms with van der Waals surface area (Å²) >= 11 is 1.77. The number of nitrogens with zero attached hydrogens (tertiary/aromatic N) is 2. The standard InChI is InChI=1S/C29H41N3O4S/c1-20(2)16-24(19-30)18-28(33)35-23(5)36-29(34)32-14-12-31(13-15-32)25-8-6-7-9-27(25)37-26-11-10-21(3)17-22(26)4/h6-11,17,20,23-24H,12-16,18-19,30H2,1-5H3. The maximum absolute atomic E-state index is 12.7. The van der Waals surface area contributed by atoms with E-state index in [0.717, 1.165) is 6.42 Å². The zero-order valence-corrected chi connectivity index (χ0v) is 23.6. The Hall–Kier alpha value is -2.71. The largest absolute Gasteiger partial charge is 0.425 e. The monoisotopic (exact) mass is 527 g/mol. The van der Waals surface area contributed by atoms with E-state index in [9.17, 15) is 9.59 Å². The van der Waals surface area contributed by atoms with Crippen molar-refractivity contribution in [2.24, 2.45) is 17.6 Å². The first-order valence-electron chi connectivity index (χ1n) is 13.1. The molecule has 8 heteroatoms. The lowest BCUT2D eigenvalue weighted by Crippen LogP contribution is -2.49. The van der Waals surface area contributed by atoms with Gasteiger partial charge in [0.1, 0.15) is 0 Å². The zero-order valence-electron chi connectivity index (χ0n) is 22.7.